The number of hydrogen-bond acceptors (Lipinski definition) is 3. The van der Waals surface area contributed by atoms with E-state index in [4.69, 9.17) is 4.74 Å². The van der Waals surface area contributed by atoms with Crippen molar-refractivity contribution in [2.75, 3.05) is 6.61 Å². The first-order valence-electron chi connectivity index (χ1n) is 4.84. The first-order chi connectivity index (χ1) is 6.55. The maximum absolute atomic E-state index is 11.6. The molecule has 3 nitrogen and oxygen atoms in total. The van der Waals surface area contributed by atoms with Crippen LogP contribution in [0.5, 0.6) is 0 Å². The van der Waals surface area contributed by atoms with Crippen LogP contribution in [-0.4, -0.2) is 18.4 Å². The van der Waals surface area contributed by atoms with Crippen LogP contribution in [0.2, 0.25) is 0 Å². The van der Waals surface area contributed by atoms with Gasteiger partial charge in [0.15, 0.2) is 0 Å². The van der Waals surface area contributed by atoms with Gasteiger partial charge in [0, 0.05) is 0 Å². The average Bonchev–Trinajstić information content (AvgIpc) is 2.14. The zero-order chi connectivity index (χ0) is 11.2. The number of carbonyl (C=O) groups excluding carboxylic acids is 2. The van der Waals surface area contributed by atoms with E-state index >= 15 is 0 Å². The largest absolute Gasteiger partial charge is 0.465 e. The highest BCUT2D eigenvalue weighted by Gasteiger charge is 2.41. The molecule has 1 atom stereocenters. The molecule has 3 heteroatoms. The summed E-state index contributed by atoms with van der Waals surface area (Å²) in [5.41, 5.74) is -1.02. The van der Waals surface area contributed by atoms with Gasteiger partial charge in [-0.15, -0.1) is 6.58 Å². The van der Waals surface area contributed by atoms with Gasteiger partial charge in [-0.2, -0.15) is 0 Å². The Labute approximate surface area is 85.1 Å². The van der Waals surface area contributed by atoms with Gasteiger partial charge in [-0.3, -0.25) is 9.59 Å². The van der Waals surface area contributed by atoms with Crippen LogP contribution in [0.4, 0.5) is 0 Å². The Morgan fingerprint density at radius 1 is 1.43 bits per heavy atom. The summed E-state index contributed by atoms with van der Waals surface area (Å²) in [4.78, 5) is 23.1. The number of ether oxygens (including phenoxy) is 1. The van der Waals surface area contributed by atoms with E-state index in [-0.39, 0.29) is 5.78 Å². The molecule has 0 radical (unpaired) electrons. The van der Waals surface area contributed by atoms with E-state index in [9.17, 15) is 9.59 Å². The van der Waals surface area contributed by atoms with Crippen molar-refractivity contribution in [2.24, 2.45) is 5.41 Å². The number of carbonyl (C=O) groups is 2. The molecule has 14 heavy (non-hydrogen) atoms. The molecule has 0 aromatic heterocycles. The van der Waals surface area contributed by atoms with Crippen LogP contribution in [0.15, 0.2) is 12.7 Å². The number of Topliss-reactive ketones (excluding diaryl/α,β-unsaturated/α-hetero) is 1. The first-order valence-corrected chi connectivity index (χ1v) is 4.84. The summed E-state index contributed by atoms with van der Waals surface area (Å²) in [5.74, 6) is -0.590. The summed E-state index contributed by atoms with van der Waals surface area (Å²) in [5, 5.41) is 0. The number of esters is 1. The van der Waals surface area contributed by atoms with Crippen LogP contribution in [0, 0.1) is 5.41 Å². The summed E-state index contributed by atoms with van der Waals surface area (Å²) >= 11 is 0. The Morgan fingerprint density at radius 2 is 2.00 bits per heavy atom. The fourth-order valence-electron chi connectivity index (χ4n) is 1.42. The zero-order valence-electron chi connectivity index (χ0n) is 9.13. The lowest BCUT2D eigenvalue weighted by molar-refractivity contribution is -0.159. The normalized spacial score (nSPS) is 14.2. The lowest BCUT2D eigenvalue weighted by Crippen LogP contribution is -2.38. The summed E-state index contributed by atoms with van der Waals surface area (Å²) in [6, 6.07) is 0. The minimum Gasteiger partial charge on any atom is -0.465 e. The number of ketones is 1. The van der Waals surface area contributed by atoms with Gasteiger partial charge in [0.2, 0.25) is 0 Å². The molecule has 0 aromatic carbocycles. The molecular formula is C11H18O3. The number of rotatable bonds is 6. The van der Waals surface area contributed by atoms with Gasteiger partial charge in [-0.25, -0.2) is 0 Å². The van der Waals surface area contributed by atoms with Crippen LogP contribution >= 0.6 is 0 Å². The van der Waals surface area contributed by atoms with Crippen LogP contribution in [-0.2, 0) is 14.3 Å². The third-order valence-electron chi connectivity index (χ3n) is 2.44. The van der Waals surface area contributed by atoms with E-state index in [0.717, 1.165) is 0 Å². The molecule has 0 aromatic rings. The number of allylic oxidation sites excluding steroid dienone is 1. The van der Waals surface area contributed by atoms with Gasteiger partial charge in [-0.05, 0) is 26.7 Å². The maximum atomic E-state index is 11.6. The molecule has 0 saturated carbocycles. The van der Waals surface area contributed by atoms with Crippen molar-refractivity contribution >= 4 is 11.8 Å². The Hall–Kier alpha value is -1.12. The van der Waals surface area contributed by atoms with E-state index in [1.807, 2.05) is 6.92 Å². The quantitative estimate of drug-likeness (QED) is 0.373. The molecule has 80 valence electrons. The average molecular weight is 198 g/mol. The second-order valence-corrected chi connectivity index (χ2v) is 3.21. The fourth-order valence-corrected chi connectivity index (χ4v) is 1.42. The highest BCUT2D eigenvalue weighted by atomic mass is 16.5. The van der Waals surface area contributed by atoms with Crippen LogP contribution in [0.25, 0.3) is 0 Å². The van der Waals surface area contributed by atoms with Crippen molar-refractivity contribution < 1.29 is 14.3 Å². The van der Waals surface area contributed by atoms with E-state index < -0.39 is 11.4 Å². The standard InChI is InChI=1S/C11H18O3/c1-5-8-11(6-2,9(4)12)10(13)14-7-3/h5H,1,6-8H2,2-4H3. The smallest absolute Gasteiger partial charge is 0.319 e. The van der Waals surface area contributed by atoms with Gasteiger partial charge < -0.3 is 4.74 Å². The van der Waals surface area contributed by atoms with E-state index in [0.29, 0.717) is 19.4 Å². The Kier molecular flexibility index (Phi) is 5.13. The topological polar surface area (TPSA) is 43.4 Å². The molecule has 0 fully saturated rings. The predicted molar refractivity (Wildman–Crippen MR) is 54.9 cm³/mol. The summed E-state index contributed by atoms with van der Waals surface area (Å²) < 4.78 is 4.90. The third kappa shape index (κ3) is 2.44. The molecule has 0 amide bonds. The maximum Gasteiger partial charge on any atom is 0.319 e. The van der Waals surface area contributed by atoms with Crippen molar-refractivity contribution in [3.63, 3.8) is 0 Å². The molecule has 0 saturated heterocycles. The molecule has 0 rings (SSSR count). The minimum atomic E-state index is -1.02. The molecule has 0 bridgehead atoms. The monoisotopic (exact) mass is 198 g/mol. The Morgan fingerprint density at radius 3 is 2.29 bits per heavy atom. The second-order valence-electron chi connectivity index (χ2n) is 3.21. The fraction of sp³-hybridized carbons (Fsp3) is 0.636. The Bertz CT molecular complexity index is 233. The van der Waals surface area contributed by atoms with E-state index in [2.05, 4.69) is 6.58 Å². The molecular weight excluding hydrogens is 180 g/mol. The van der Waals surface area contributed by atoms with Crippen molar-refractivity contribution in [3.05, 3.63) is 12.7 Å². The lowest BCUT2D eigenvalue weighted by Gasteiger charge is -2.25. The molecule has 0 aliphatic rings. The highest BCUT2D eigenvalue weighted by molar-refractivity contribution is 6.02. The Balaban J connectivity index is 4.91. The second kappa shape index (κ2) is 5.58. The van der Waals surface area contributed by atoms with Crippen molar-refractivity contribution in [3.8, 4) is 0 Å². The van der Waals surface area contributed by atoms with E-state index in [1.54, 1.807) is 13.0 Å². The van der Waals surface area contributed by atoms with Gasteiger partial charge in [-0.1, -0.05) is 13.0 Å². The predicted octanol–water partition coefficient (Wildman–Crippen LogP) is 2.11. The molecule has 0 N–H and O–H groups in total. The summed E-state index contributed by atoms with van der Waals surface area (Å²) in [6.07, 6.45) is 2.38. The molecule has 1 unspecified atom stereocenters. The minimum absolute atomic E-state index is 0.154. The molecule has 0 aliphatic heterocycles. The van der Waals surface area contributed by atoms with Crippen molar-refractivity contribution in [1.82, 2.24) is 0 Å². The van der Waals surface area contributed by atoms with E-state index in [1.165, 1.54) is 6.92 Å². The summed E-state index contributed by atoms with van der Waals surface area (Å²) in [7, 11) is 0. The molecule has 0 aliphatic carbocycles. The highest BCUT2D eigenvalue weighted by Crippen LogP contribution is 2.29. The molecule has 0 heterocycles. The van der Waals surface area contributed by atoms with Gasteiger partial charge in [0.25, 0.3) is 0 Å². The van der Waals surface area contributed by atoms with Gasteiger partial charge >= 0.3 is 5.97 Å². The SMILES string of the molecule is C=CCC(CC)(C(C)=O)C(=O)OCC. The zero-order valence-corrected chi connectivity index (χ0v) is 9.13. The van der Waals surface area contributed by atoms with Crippen LogP contribution in [0.1, 0.15) is 33.6 Å². The van der Waals surface area contributed by atoms with Crippen LogP contribution in [0.3, 0.4) is 0 Å². The van der Waals surface area contributed by atoms with Crippen molar-refractivity contribution in [1.29, 1.82) is 0 Å². The first kappa shape index (κ1) is 12.9. The van der Waals surface area contributed by atoms with Crippen molar-refractivity contribution in [2.45, 2.75) is 33.6 Å². The number of hydrogen-bond donors (Lipinski definition) is 0. The van der Waals surface area contributed by atoms with Gasteiger partial charge in [0.05, 0.1) is 6.61 Å². The molecule has 0 spiro atoms. The van der Waals surface area contributed by atoms with Crippen LogP contribution < -0.4 is 0 Å². The third-order valence-corrected chi connectivity index (χ3v) is 2.44. The lowest BCUT2D eigenvalue weighted by atomic mass is 9.78. The summed E-state index contributed by atoms with van der Waals surface area (Å²) in [6.45, 7) is 8.81. The van der Waals surface area contributed by atoms with Gasteiger partial charge in [0.1, 0.15) is 11.2 Å².